The number of carbonyl (C=O) groups excluding carboxylic acids is 1. The van der Waals surface area contributed by atoms with Crippen molar-refractivity contribution in [3.8, 4) is 17.1 Å². The van der Waals surface area contributed by atoms with Gasteiger partial charge in [-0.1, -0.05) is 54.9 Å². The normalized spacial score (nSPS) is 14.1. The molecule has 0 bridgehead atoms. The zero-order valence-electron chi connectivity index (χ0n) is 21.3. The highest BCUT2D eigenvalue weighted by Crippen LogP contribution is 2.37. The molecule has 0 aliphatic carbocycles. The van der Waals surface area contributed by atoms with Crippen LogP contribution in [0.4, 0.5) is 8.78 Å². The molecule has 3 aromatic rings. The molecule has 1 aliphatic rings. The molecule has 10 heteroatoms. The Morgan fingerprint density at radius 1 is 1.29 bits per heavy atom. The molecule has 2 heterocycles. The van der Waals surface area contributed by atoms with E-state index in [2.05, 4.69) is 15.5 Å². The molecule has 200 valence electrons. The van der Waals surface area contributed by atoms with Crippen LogP contribution in [0.3, 0.4) is 0 Å². The van der Waals surface area contributed by atoms with Crippen LogP contribution in [-0.4, -0.2) is 39.1 Å². The van der Waals surface area contributed by atoms with Crippen molar-refractivity contribution >= 4 is 17.5 Å². The summed E-state index contributed by atoms with van der Waals surface area (Å²) in [5, 5.41) is 17.6. The third-order valence-corrected chi connectivity index (χ3v) is 6.76. The molecular formula is C28H29ClF2N4O3. The smallest absolute Gasteiger partial charge is 0.316 e. The minimum Gasteiger partial charge on any atom is -0.506 e. The second-order valence-corrected chi connectivity index (χ2v) is 9.85. The van der Waals surface area contributed by atoms with Gasteiger partial charge in [-0.25, -0.2) is 8.78 Å². The van der Waals surface area contributed by atoms with Gasteiger partial charge in [-0.05, 0) is 59.5 Å². The summed E-state index contributed by atoms with van der Waals surface area (Å²) in [5.41, 5.74) is 2.47. The number of amides is 1. The number of nitrogens with one attached hydrogen (secondary N) is 1. The fourth-order valence-corrected chi connectivity index (χ4v) is 4.35. The summed E-state index contributed by atoms with van der Waals surface area (Å²) in [6, 6.07) is 9.23. The lowest BCUT2D eigenvalue weighted by Gasteiger charge is -2.24. The number of allylic oxidation sites excluding steroid dienone is 2. The number of dihydropyridines is 1. The van der Waals surface area contributed by atoms with Gasteiger partial charge in [0.25, 0.3) is 5.92 Å². The molecule has 0 saturated carbocycles. The van der Waals surface area contributed by atoms with Gasteiger partial charge in [0.05, 0.1) is 5.02 Å². The number of hydrogen-bond acceptors (Lipinski definition) is 6. The zero-order chi connectivity index (χ0) is 27.4. The van der Waals surface area contributed by atoms with Crippen molar-refractivity contribution in [3.05, 3.63) is 87.9 Å². The maximum absolute atomic E-state index is 13.9. The summed E-state index contributed by atoms with van der Waals surface area (Å²) in [6.07, 6.45) is 6.29. The van der Waals surface area contributed by atoms with E-state index in [9.17, 15) is 18.7 Å². The van der Waals surface area contributed by atoms with E-state index in [-0.39, 0.29) is 47.1 Å². The molecule has 7 nitrogen and oxygen atoms in total. The Kier molecular flexibility index (Phi) is 8.16. The minimum atomic E-state index is -3.01. The van der Waals surface area contributed by atoms with Crippen LogP contribution in [-0.2, 0) is 12.5 Å². The molecule has 4 rings (SSSR count). The molecule has 1 amide bonds. The van der Waals surface area contributed by atoms with Gasteiger partial charge in [0.2, 0.25) is 5.82 Å². The van der Waals surface area contributed by atoms with Crippen molar-refractivity contribution in [2.24, 2.45) is 0 Å². The minimum absolute atomic E-state index is 0.000889. The Balaban J connectivity index is 1.64. The van der Waals surface area contributed by atoms with Crippen LogP contribution in [0.5, 0.6) is 5.75 Å². The molecule has 1 aliphatic heterocycles. The van der Waals surface area contributed by atoms with E-state index < -0.39 is 11.8 Å². The highest BCUT2D eigenvalue weighted by Gasteiger charge is 2.27. The van der Waals surface area contributed by atoms with Crippen molar-refractivity contribution in [3.63, 3.8) is 0 Å². The molecular weight excluding hydrogens is 514 g/mol. The van der Waals surface area contributed by atoms with E-state index in [1.165, 1.54) is 23.1 Å². The van der Waals surface area contributed by atoms with E-state index in [1.54, 1.807) is 24.4 Å². The first kappa shape index (κ1) is 27.3. The van der Waals surface area contributed by atoms with E-state index in [0.717, 1.165) is 18.9 Å². The number of hydrogen-bond donors (Lipinski definition) is 2. The summed E-state index contributed by atoms with van der Waals surface area (Å²) >= 11 is 6.25. The van der Waals surface area contributed by atoms with Gasteiger partial charge >= 0.3 is 11.8 Å². The van der Waals surface area contributed by atoms with Gasteiger partial charge in [-0.3, -0.25) is 4.79 Å². The molecule has 38 heavy (non-hydrogen) atoms. The molecule has 0 saturated heterocycles. The van der Waals surface area contributed by atoms with Gasteiger partial charge in [-0.2, -0.15) is 4.98 Å². The summed E-state index contributed by atoms with van der Waals surface area (Å²) < 4.78 is 33.2. The summed E-state index contributed by atoms with van der Waals surface area (Å²) in [4.78, 5) is 19.3. The second kappa shape index (κ2) is 11.3. The first-order valence-corrected chi connectivity index (χ1v) is 12.7. The SMILES string of the molecule is CCC(C)c1cc(-c2noc(C(=O)N(CC3=CC=CNC3)Cc3cccc(C(C)(F)F)c3)n2)cc(Cl)c1O. The van der Waals surface area contributed by atoms with Gasteiger partial charge in [-0.15, -0.1) is 0 Å². The number of halogens is 3. The highest BCUT2D eigenvalue weighted by atomic mass is 35.5. The van der Waals surface area contributed by atoms with Gasteiger partial charge in [0, 0.05) is 37.7 Å². The first-order chi connectivity index (χ1) is 18.1. The van der Waals surface area contributed by atoms with Gasteiger partial charge < -0.3 is 19.8 Å². The van der Waals surface area contributed by atoms with Crippen LogP contribution in [0.1, 0.15) is 60.5 Å². The van der Waals surface area contributed by atoms with Gasteiger partial charge in [0.1, 0.15) is 5.75 Å². The van der Waals surface area contributed by atoms with Crippen LogP contribution in [0.25, 0.3) is 11.4 Å². The molecule has 1 unspecified atom stereocenters. The Hall–Kier alpha value is -3.72. The van der Waals surface area contributed by atoms with E-state index >= 15 is 0 Å². The molecule has 0 spiro atoms. The number of aromatic hydroxyl groups is 1. The lowest BCUT2D eigenvalue weighted by molar-refractivity contribution is 0.0173. The van der Waals surface area contributed by atoms with Gasteiger partial charge in [0.15, 0.2) is 0 Å². The topological polar surface area (TPSA) is 91.5 Å². The number of rotatable bonds is 9. The molecule has 1 atom stereocenters. The average Bonchev–Trinajstić information content (AvgIpc) is 3.39. The Labute approximate surface area is 224 Å². The van der Waals surface area contributed by atoms with Crippen molar-refractivity contribution in [2.45, 2.75) is 45.6 Å². The number of aromatic nitrogens is 2. The summed E-state index contributed by atoms with van der Waals surface area (Å²) in [5.74, 6) is -3.61. The van der Waals surface area contributed by atoms with Crippen molar-refractivity contribution in [2.75, 3.05) is 13.1 Å². The largest absolute Gasteiger partial charge is 0.506 e. The lowest BCUT2D eigenvalue weighted by Crippen LogP contribution is -2.34. The average molecular weight is 543 g/mol. The van der Waals surface area contributed by atoms with Crippen molar-refractivity contribution in [1.29, 1.82) is 0 Å². The van der Waals surface area contributed by atoms with Crippen LogP contribution in [0, 0.1) is 0 Å². The van der Waals surface area contributed by atoms with Crippen molar-refractivity contribution in [1.82, 2.24) is 20.4 Å². The van der Waals surface area contributed by atoms with E-state index in [4.69, 9.17) is 16.1 Å². The molecule has 2 aromatic carbocycles. The van der Waals surface area contributed by atoms with Crippen LogP contribution in [0.15, 0.2) is 64.8 Å². The summed E-state index contributed by atoms with van der Waals surface area (Å²) in [6.45, 7) is 5.61. The monoisotopic (exact) mass is 542 g/mol. The van der Waals surface area contributed by atoms with E-state index in [0.29, 0.717) is 23.2 Å². The summed E-state index contributed by atoms with van der Waals surface area (Å²) in [7, 11) is 0. The predicted octanol–water partition coefficient (Wildman–Crippen LogP) is 6.41. The maximum atomic E-state index is 13.9. The first-order valence-electron chi connectivity index (χ1n) is 12.3. The molecule has 0 fully saturated rings. The molecule has 2 N–H and O–H groups in total. The number of nitrogens with zero attached hydrogens (tertiary/aromatic N) is 3. The number of phenols is 1. The molecule has 1 aromatic heterocycles. The third kappa shape index (κ3) is 6.22. The highest BCUT2D eigenvalue weighted by molar-refractivity contribution is 6.32. The quantitative estimate of drug-likeness (QED) is 0.325. The standard InChI is InChI=1S/C28H29ClF2N4O3/c1-4-17(2)22-12-20(13-23(29)24(22)36)25-33-26(38-34-25)27(37)35(16-19-8-6-10-32-14-19)15-18-7-5-9-21(11-18)28(3,30)31/h5-13,17,32,36H,4,14-16H2,1-3H3. The Morgan fingerprint density at radius 3 is 2.76 bits per heavy atom. The zero-order valence-corrected chi connectivity index (χ0v) is 22.1. The third-order valence-electron chi connectivity index (χ3n) is 6.47. The molecule has 0 radical (unpaired) electrons. The number of alkyl halides is 2. The fourth-order valence-electron chi connectivity index (χ4n) is 4.13. The van der Waals surface area contributed by atoms with Crippen LogP contribution in [0.2, 0.25) is 5.02 Å². The second-order valence-electron chi connectivity index (χ2n) is 9.44. The maximum Gasteiger partial charge on any atom is 0.316 e. The number of phenolic OH excluding ortho intramolecular Hbond substituents is 1. The van der Waals surface area contributed by atoms with E-state index in [1.807, 2.05) is 26.0 Å². The number of carbonyl (C=O) groups is 1. The number of benzene rings is 2. The van der Waals surface area contributed by atoms with Crippen LogP contribution >= 0.6 is 11.6 Å². The Bertz CT molecular complexity index is 1380. The van der Waals surface area contributed by atoms with Crippen LogP contribution < -0.4 is 5.32 Å². The van der Waals surface area contributed by atoms with Crippen molar-refractivity contribution < 1.29 is 23.2 Å². The lowest BCUT2D eigenvalue weighted by atomic mass is 9.95. The predicted molar refractivity (Wildman–Crippen MR) is 141 cm³/mol. The fraction of sp³-hybridized carbons (Fsp3) is 0.321. The Morgan fingerprint density at radius 2 is 2.08 bits per heavy atom.